The predicted octanol–water partition coefficient (Wildman–Crippen LogP) is 8.95. The molecule has 5 aromatic rings. The highest BCUT2D eigenvalue weighted by Crippen LogP contribution is 2.37. The first kappa shape index (κ1) is 31.8. The van der Waals surface area contributed by atoms with Gasteiger partial charge in [-0.05, 0) is 102 Å². The summed E-state index contributed by atoms with van der Waals surface area (Å²) in [5.74, 6) is -0.484. The maximum atomic E-state index is 14.8. The van der Waals surface area contributed by atoms with E-state index in [0.717, 1.165) is 10.5 Å². The molecule has 0 fully saturated rings. The number of benzene rings is 3. The van der Waals surface area contributed by atoms with Gasteiger partial charge in [-0.1, -0.05) is 36.4 Å². The number of amides is 3. The number of hydrogen-bond donors (Lipinski definition) is 0. The Morgan fingerprint density at radius 1 is 0.652 bits per heavy atom. The van der Waals surface area contributed by atoms with Crippen molar-refractivity contribution in [3.05, 3.63) is 115 Å². The third-order valence-corrected chi connectivity index (χ3v) is 6.64. The van der Waals surface area contributed by atoms with Crippen molar-refractivity contribution >= 4 is 46.1 Å². The van der Waals surface area contributed by atoms with Crippen molar-refractivity contribution < 1.29 is 23.9 Å². The minimum atomic E-state index is -0.995. The highest BCUT2D eigenvalue weighted by Gasteiger charge is 2.37. The number of carbonyl (C=O) groups excluding carboxylic acids is 3. The second-order valence-electron chi connectivity index (χ2n) is 12.6. The Labute approximate surface area is 268 Å². The molecule has 3 aromatic carbocycles. The highest BCUT2D eigenvalue weighted by molar-refractivity contribution is 6.23. The fourth-order valence-corrected chi connectivity index (χ4v) is 4.81. The number of aromatic nitrogens is 2. The van der Waals surface area contributed by atoms with E-state index >= 15 is 0 Å². The van der Waals surface area contributed by atoms with Gasteiger partial charge in [-0.25, -0.2) is 14.6 Å². The fourth-order valence-electron chi connectivity index (χ4n) is 4.81. The van der Waals surface area contributed by atoms with Gasteiger partial charge >= 0.3 is 12.2 Å². The van der Waals surface area contributed by atoms with Crippen molar-refractivity contribution in [1.82, 2.24) is 9.97 Å². The van der Waals surface area contributed by atoms with Crippen molar-refractivity contribution in [2.24, 2.45) is 0 Å². The van der Waals surface area contributed by atoms with Crippen LogP contribution < -0.4 is 9.80 Å². The number of ether oxygens (including phenoxy) is 2. The first-order chi connectivity index (χ1) is 21.8. The molecule has 9 nitrogen and oxygen atoms in total. The quantitative estimate of drug-likeness (QED) is 0.194. The van der Waals surface area contributed by atoms with Crippen LogP contribution in [0.2, 0.25) is 0 Å². The van der Waals surface area contributed by atoms with Crippen LogP contribution in [0.3, 0.4) is 0 Å². The summed E-state index contributed by atoms with van der Waals surface area (Å²) in [6.45, 7) is 10.2. The Hall–Kier alpha value is -5.57. The first-order valence-corrected chi connectivity index (χ1v) is 14.9. The molecule has 2 aromatic heterocycles. The molecule has 46 heavy (non-hydrogen) atoms. The zero-order valence-electron chi connectivity index (χ0n) is 26.7. The van der Waals surface area contributed by atoms with E-state index in [1.807, 2.05) is 72.8 Å². The lowest BCUT2D eigenvalue weighted by molar-refractivity contribution is 0.0431. The SMILES string of the molecule is CC(C)(C)OC(=O)N(C(=O)OC(C)(C)C)c1c(C(=O)N(c2ccccc2)c2ccccc2)ccc2nc(-c3cccnc3)ccc12. The number of anilines is 3. The van der Waals surface area contributed by atoms with E-state index in [0.29, 0.717) is 28.0 Å². The summed E-state index contributed by atoms with van der Waals surface area (Å²) < 4.78 is 11.5. The lowest BCUT2D eigenvalue weighted by atomic mass is 10.0. The highest BCUT2D eigenvalue weighted by atomic mass is 16.6. The van der Waals surface area contributed by atoms with Crippen LogP contribution in [0.25, 0.3) is 22.2 Å². The van der Waals surface area contributed by atoms with E-state index in [2.05, 4.69) is 4.98 Å². The Morgan fingerprint density at radius 2 is 1.22 bits per heavy atom. The molecule has 0 spiro atoms. The molecule has 0 saturated carbocycles. The van der Waals surface area contributed by atoms with E-state index in [1.165, 1.54) is 4.90 Å². The largest absolute Gasteiger partial charge is 0.443 e. The molecule has 0 unspecified atom stereocenters. The van der Waals surface area contributed by atoms with Crippen molar-refractivity contribution in [3.63, 3.8) is 0 Å². The fraction of sp³-hybridized carbons (Fsp3) is 0.216. The van der Waals surface area contributed by atoms with Gasteiger partial charge < -0.3 is 9.47 Å². The van der Waals surface area contributed by atoms with Crippen LogP contribution in [-0.2, 0) is 9.47 Å². The molecule has 0 bridgehead atoms. The number of carbonyl (C=O) groups is 3. The van der Waals surface area contributed by atoms with Gasteiger partial charge in [0, 0.05) is 34.7 Å². The Morgan fingerprint density at radius 3 is 1.72 bits per heavy atom. The number of hydrogen-bond acceptors (Lipinski definition) is 7. The summed E-state index contributed by atoms with van der Waals surface area (Å²) in [6.07, 6.45) is 1.38. The first-order valence-electron chi connectivity index (χ1n) is 14.9. The molecular weight excluding hydrogens is 580 g/mol. The van der Waals surface area contributed by atoms with E-state index in [-0.39, 0.29) is 11.3 Å². The van der Waals surface area contributed by atoms with Crippen molar-refractivity contribution in [1.29, 1.82) is 0 Å². The Kier molecular flexibility index (Phi) is 8.87. The van der Waals surface area contributed by atoms with Crippen molar-refractivity contribution in [2.45, 2.75) is 52.7 Å². The Bertz CT molecular complexity index is 1800. The number of pyridine rings is 2. The van der Waals surface area contributed by atoms with E-state index in [9.17, 15) is 14.4 Å². The number of rotatable bonds is 5. The molecule has 0 aliphatic rings. The van der Waals surface area contributed by atoms with Gasteiger partial charge in [0.2, 0.25) is 0 Å². The Balaban J connectivity index is 1.79. The normalized spacial score (nSPS) is 11.5. The van der Waals surface area contributed by atoms with Crippen LogP contribution >= 0.6 is 0 Å². The number of para-hydroxylation sites is 2. The minimum Gasteiger partial charge on any atom is -0.443 e. The second-order valence-corrected chi connectivity index (χ2v) is 12.6. The predicted molar refractivity (Wildman–Crippen MR) is 179 cm³/mol. The molecule has 0 saturated heterocycles. The topological polar surface area (TPSA) is 102 Å². The van der Waals surface area contributed by atoms with Gasteiger partial charge in [-0.3, -0.25) is 14.7 Å². The molecule has 234 valence electrons. The number of nitrogens with zero attached hydrogens (tertiary/aromatic N) is 4. The lowest BCUT2D eigenvalue weighted by Gasteiger charge is -2.31. The summed E-state index contributed by atoms with van der Waals surface area (Å²) in [7, 11) is 0. The minimum absolute atomic E-state index is 0.00639. The molecule has 3 amide bonds. The summed E-state index contributed by atoms with van der Waals surface area (Å²) in [5.41, 5.74) is 1.17. The number of fused-ring (bicyclic) bond motifs is 1. The third-order valence-electron chi connectivity index (χ3n) is 6.64. The van der Waals surface area contributed by atoms with Crippen LogP contribution in [0, 0.1) is 0 Å². The van der Waals surface area contributed by atoms with E-state index < -0.39 is 29.3 Å². The molecule has 0 atom stereocenters. The molecular formula is C37H36N4O5. The average molecular weight is 617 g/mol. The van der Waals surface area contributed by atoms with Gasteiger partial charge in [0.05, 0.1) is 22.5 Å². The van der Waals surface area contributed by atoms with Crippen LogP contribution in [0.15, 0.2) is 109 Å². The molecule has 9 heteroatoms. The molecule has 0 N–H and O–H groups in total. The third kappa shape index (κ3) is 7.21. The zero-order valence-corrected chi connectivity index (χ0v) is 26.7. The van der Waals surface area contributed by atoms with Crippen LogP contribution in [0.1, 0.15) is 51.9 Å². The smallest absolute Gasteiger partial charge is 0.424 e. The van der Waals surface area contributed by atoms with Crippen LogP contribution in [0.4, 0.5) is 26.7 Å². The molecule has 5 rings (SSSR count). The van der Waals surface area contributed by atoms with Gasteiger partial charge in [-0.2, -0.15) is 4.90 Å². The molecule has 0 aliphatic carbocycles. The summed E-state index contributed by atoms with van der Waals surface area (Å²) in [6, 6.07) is 28.7. The van der Waals surface area contributed by atoms with E-state index in [4.69, 9.17) is 14.5 Å². The second kappa shape index (κ2) is 12.8. The van der Waals surface area contributed by atoms with E-state index in [1.54, 1.807) is 78.2 Å². The van der Waals surface area contributed by atoms with Gasteiger partial charge in [0.15, 0.2) is 0 Å². The van der Waals surface area contributed by atoms with Crippen LogP contribution in [0.5, 0.6) is 0 Å². The maximum absolute atomic E-state index is 14.8. The monoisotopic (exact) mass is 616 g/mol. The molecule has 2 heterocycles. The molecule has 0 radical (unpaired) electrons. The summed E-state index contributed by atoms with van der Waals surface area (Å²) >= 11 is 0. The van der Waals surface area contributed by atoms with Crippen molar-refractivity contribution in [2.75, 3.05) is 9.80 Å². The summed E-state index contributed by atoms with van der Waals surface area (Å²) in [5, 5.41) is 0.372. The summed E-state index contributed by atoms with van der Waals surface area (Å²) in [4.78, 5) is 54.0. The van der Waals surface area contributed by atoms with Gasteiger partial charge in [0.1, 0.15) is 11.2 Å². The van der Waals surface area contributed by atoms with Gasteiger partial charge in [0.25, 0.3) is 5.91 Å². The average Bonchev–Trinajstić information content (AvgIpc) is 3.01. The zero-order chi connectivity index (χ0) is 33.1. The van der Waals surface area contributed by atoms with Crippen molar-refractivity contribution in [3.8, 4) is 11.3 Å². The lowest BCUT2D eigenvalue weighted by Crippen LogP contribution is -2.45. The van der Waals surface area contributed by atoms with Gasteiger partial charge in [-0.15, -0.1) is 0 Å². The number of imide groups is 1. The van der Waals surface area contributed by atoms with Crippen LogP contribution in [-0.4, -0.2) is 39.3 Å². The maximum Gasteiger partial charge on any atom is 0.424 e. The standard InChI is InChI=1S/C37H36N4O5/c1-36(2,3)45-34(43)41(35(44)46-37(4,5)6)32-28-19-21-30(25-14-13-23-38-24-25)39-31(28)22-20-29(32)33(42)40(26-15-9-7-10-16-26)27-17-11-8-12-18-27/h7-24H,1-6H3. The molecule has 0 aliphatic heterocycles.